The van der Waals surface area contributed by atoms with Gasteiger partial charge < -0.3 is 105 Å². The first-order valence-electron chi connectivity index (χ1n) is 41.0. The van der Waals surface area contributed by atoms with Gasteiger partial charge in [-0.2, -0.15) is 0 Å². The van der Waals surface area contributed by atoms with Crippen LogP contribution in [0.1, 0.15) is 99.9 Å². The lowest BCUT2D eigenvalue weighted by atomic mass is 9.91. The predicted molar refractivity (Wildman–Crippen MR) is 431 cm³/mol. The number of ether oxygens (including phenoxy) is 20. The minimum absolute atomic E-state index is 0.00132. The molecule has 0 saturated carbocycles. The summed E-state index contributed by atoms with van der Waals surface area (Å²) in [6, 6.07) is 77.2. The van der Waals surface area contributed by atoms with Gasteiger partial charge in [-0.1, -0.05) is 243 Å². The quantitative estimate of drug-likeness (QED) is 0.0350. The largest absolute Gasteiger partial charge is 0.454 e. The predicted octanol–water partition coefficient (Wildman–Crippen LogP) is 12.5. The van der Waals surface area contributed by atoms with Crippen molar-refractivity contribution in [2.75, 3.05) is 13.2 Å². The summed E-state index contributed by atoms with van der Waals surface area (Å²) in [5.41, 5.74) is 6.94. The zero-order valence-corrected chi connectivity index (χ0v) is 68.0. The van der Waals surface area contributed by atoms with Crippen molar-refractivity contribution in [1.29, 1.82) is 0 Å². The molecule has 0 spiro atoms. The molecule has 2 N–H and O–H groups in total. The van der Waals surface area contributed by atoms with Crippen LogP contribution in [0.4, 0.5) is 0 Å². The molecule has 6 heterocycles. The highest BCUT2D eigenvalue weighted by atomic mass is 16.8. The summed E-state index contributed by atoms with van der Waals surface area (Å²) in [6.07, 6.45) is -27.4. The minimum Gasteiger partial charge on any atom is -0.454 e. The van der Waals surface area contributed by atoms with E-state index in [4.69, 9.17) is 94.7 Å². The molecular formula is C94H111NO23. The van der Waals surface area contributed by atoms with E-state index in [1.807, 2.05) is 270 Å². The molecule has 1 amide bonds. The van der Waals surface area contributed by atoms with E-state index >= 15 is 0 Å². The van der Waals surface area contributed by atoms with Gasteiger partial charge in [0, 0.05) is 13.8 Å². The first kappa shape index (κ1) is 86.3. The van der Waals surface area contributed by atoms with Crippen LogP contribution in [0.2, 0.25) is 0 Å². The average molecular weight is 1620 g/mol. The number of carbonyl (C=O) groups excluding carboxylic acids is 2. The van der Waals surface area contributed by atoms with E-state index in [9.17, 15) is 14.7 Å². The lowest BCUT2D eigenvalue weighted by Gasteiger charge is -2.53. The zero-order chi connectivity index (χ0) is 81.9. The van der Waals surface area contributed by atoms with Gasteiger partial charge in [0.1, 0.15) is 91.6 Å². The Bertz CT molecular complexity index is 4290. The Balaban J connectivity index is 0.871. The summed E-state index contributed by atoms with van der Waals surface area (Å²) in [7, 11) is 0. The molecule has 6 aliphatic rings. The van der Waals surface area contributed by atoms with Crippen LogP contribution in [0.3, 0.4) is 0 Å². The highest BCUT2D eigenvalue weighted by Crippen LogP contribution is 2.43. The Kier molecular flexibility index (Phi) is 30.7. The van der Waals surface area contributed by atoms with E-state index in [0.29, 0.717) is 0 Å². The van der Waals surface area contributed by atoms with Gasteiger partial charge in [0.05, 0.1) is 96.5 Å². The SMILES string of the molecule is CC(=O)NC1[C@H](C)OC2COC(C)(C)O[C@H]2[C@@H]1O[C@@H]1OC(C)[C@H](OCc2ccccc2)[C@H](O[C@@H]2OC(C)[C@H](OCc3ccccc3)[C@H](OCc3ccccc3)C2O[C@@H]2OC(C)[C@H](OCc3ccccc3)[C@H](O[C@H]3O[C@@H](COCc4ccccc4)[C@@H](OCc4ccccc4)C(OCc4ccccc4)C3OCc3ccccc3)C2O)C1OC(C)=O. The van der Waals surface area contributed by atoms with Gasteiger partial charge in [0.15, 0.2) is 37.1 Å². The van der Waals surface area contributed by atoms with Crippen molar-refractivity contribution in [3.05, 3.63) is 287 Å². The molecular weight excluding hydrogens is 1510 g/mol. The number of benzene rings is 8. The second-order valence-corrected chi connectivity index (χ2v) is 31.4. The summed E-state index contributed by atoms with van der Waals surface area (Å²) < 4.78 is 141. The summed E-state index contributed by atoms with van der Waals surface area (Å²) in [5.74, 6) is -2.18. The van der Waals surface area contributed by atoms with Crippen LogP contribution < -0.4 is 5.32 Å². The minimum atomic E-state index is -1.77. The third-order valence-corrected chi connectivity index (χ3v) is 22.0. The summed E-state index contributed by atoms with van der Waals surface area (Å²) in [5, 5.41) is 17.1. The van der Waals surface area contributed by atoms with Crippen LogP contribution in [-0.2, 0) is 157 Å². The van der Waals surface area contributed by atoms with Gasteiger partial charge in [0.2, 0.25) is 5.91 Å². The highest BCUT2D eigenvalue weighted by Gasteiger charge is 2.60. The van der Waals surface area contributed by atoms with Gasteiger partial charge in [-0.15, -0.1) is 0 Å². The molecule has 6 fully saturated rings. The number of carbonyl (C=O) groups is 2. The number of rotatable bonds is 35. The van der Waals surface area contributed by atoms with Crippen molar-refractivity contribution in [3.63, 3.8) is 0 Å². The van der Waals surface area contributed by atoms with Crippen LogP contribution >= 0.6 is 0 Å². The molecule has 14 rings (SSSR count). The van der Waals surface area contributed by atoms with Crippen LogP contribution in [0.25, 0.3) is 0 Å². The molecule has 630 valence electrons. The molecule has 24 nitrogen and oxygen atoms in total. The monoisotopic (exact) mass is 1620 g/mol. The molecule has 24 heteroatoms. The number of amides is 1. The molecule has 0 bridgehead atoms. The molecule has 118 heavy (non-hydrogen) atoms. The van der Waals surface area contributed by atoms with E-state index in [0.717, 1.165) is 44.5 Å². The van der Waals surface area contributed by atoms with E-state index in [1.165, 1.54) is 13.8 Å². The Morgan fingerprint density at radius 3 is 1.12 bits per heavy atom. The van der Waals surface area contributed by atoms with Crippen LogP contribution in [0, 0.1) is 0 Å². The van der Waals surface area contributed by atoms with Gasteiger partial charge >= 0.3 is 5.97 Å². The summed E-state index contributed by atoms with van der Waals surface area (Å²) in [4.78, 5) is 27.4. The molecule has 8 aromatic carbocycles. The standard InChI is InChI=1S/C94H111NO23/c1-59-75(95-63(5)96)82(81-74(108-59)58-107-94(7,8)118-81)114-93-89(112-64(6)97)86(79(62(4)111-93)102-52-68-39-23-12-24-40-68)116-92-88(84(104-54-70-43-27-14-28-44-70)78(61(3)110-92)101-51-67-37-21-11-22-38-67)117-90-76(98)83(77(60(2)109-90)100-50-66-35-19-10-20-36-66)115-91-87(106-56-72-47-31-16-32-48-72)85(105-55-71-45-29-15-30-46-71)80(103-53-69-41-25-13-26-42-69)73(113-91)57-99-49-65-33-17-9-18-34-65/h9-48,59-62,73-93,98H,49-58H2,1-8H3,(H,95,96)/t59-,60?,61?,62?,73-,74?,75?,76?,77-,78-,79-,80+,81+,82+,83+,84-,85?,86-,87?,88?,89?,90-,91+,92-,93-/m0/s1. The molecule has 6 saturated heterocycles. The first-order valence-corrected chi connectivity index (χ1v) is 41.0. The van der Waals surface area contributed by atoms with Crippen LogP contribution in [-0.4, -0.2) is 189 Å². The number of hydrogen-bond acceptors (Lipinski definition) is 23. The molecule has 8 aromatic rings. The third kappa shape index (κ3) is 22.9. The van der Waals surface area contributed by atoms with Crippen LogP contribution in [0.5, 0.6) is 0 Å². The fourth-order valence-corrected chi connectivity index (χ4v) is 16.1. The summed E-state index contributed by atoms with van der Waals surface area (Å²) in [6.45, 7) is 14.6. The normalized spacial score (nSPS) is 32.1. The Morgan fingerprint density at radius 1 is 0.364 bits per heavy atom. The maximum absolute atomic E-state index is 14.1. The second-order valence-electron chi connectivity index (χ2n) is 31.4. The Labute approximate surface area is 691 Å². The number of fused-ring (bicyclic) bond motifs is 1. The van der Waals surface area contributed by atoms with Crippen LogP contribution in [0.15, 0.2) is 243 Å². The topological polar surface area (TPSA) is 251 Å². The van der Waals surface area contributed by atoms with Crippen molar-refractivity contribution >= 4 is 11.9 Å². The molecule has 6 aliphatic heterocycles. The zero-order valence-electron chi connectivity index (χ0n) is 68.0. The lowest BCUT2D eigenvalue weighted by Crippen LogP contribution is -2.70. The van der Waals surface area contributed by atoms with Crippen molar-refractivity contribution in [3.8, 4) is 0 Å². The number of aliphatic hydroxyl groups excluding tert-OH is 1. The van der Waals surface area contributed by atoms with Gasteiger partial charge in [-0.25, -0.2) is 0 Å². The maximum Gasteiger partial charge on any atom is 0.303 e. The molecule has 25 atom stereocenters. The number of nitrogens with one attached hydrogen (secondary N) is 1. The first-order chi connectivity index (χ1) is 57.4. The third-order valence-electron chi connectivity index (χ3n) is 22.0. The smallest absolute Gasteiger partial charge is 0.303 e. The van der Waals surface area contributed by atoms with E-state index < -0.39 is 165 Å². The van der Waals surface area contributed by atoms with Crippen molar-refractivity contribution < 1.29 is 109 Å². The van der Waals surface area contributed by atoms with E-state index in [1.54, 1.807) is 13.8 Å². The van der Waals surface area contributed by atoms with Crippen molar-refractivity contribution in [2.24, 2.45) is 0 Å². The molecule has 10 unspecified atom stereocenters. The highest BCUT2D eigenvalue weighted by molar-refractivity contribution is 5.73. The van der Waals surface area contributed by atoms with Gasteiger partial charge in [-0.05, 0) is 86.1 Å². The fraction of sp³-hybridized carbons (Fsp3) is 0.468. The van der Waals surface area contributed by atoms with Gasteiger partial charge in [-0.3, -0.25) is 9.59 Å². The molecule has 0 aromatic heterocycles. The Hall–Kier alpha value is -8.10. The number of esters is 1. The van der Waals surface area contributed by atoms with E-state index in [-0.39, 0.29) is 72.0 Å². The summed E-state index contributed by atoms with van der Waals surface area (Å²) >= 11 is 0. The number of hydrogen-bond donors (Lipinski definition) is 2. The number of aliphatic hydroxyl groups is 1. The molecule has 0 radical (unpaired) electrons. The average Bonchev–Trinajstić information content (AvgIpc) is 0.770. The van der Waals surface area contributed by atoms with E-state index in [2.05, 4.69) is 5.32 Å². The van der Waals surface area contributed by atoms with Gasteiger partial charge in [0.25, 0.3) is 0 Å². The fourth-order valence-electron chi connectivity index (χ4n) is 16.1. The van der Waals surface area contributed by atoms with Crippen molar-refractivity contribution in [2.45, 2.75) is 267 Å². The lowest BCUT2D eigenvalue weighted by molar-refractivity contribution is -0.407. The maximum atomic E-state index is 14.1. The molecule has 0 aliphatic carbocycles. The Morgan fingerprint density at radius 2 is 0.695 bits per heavy atom. The second kappa shape index (κ2) is 41.9. The van der Waals surface area contributed by atoms with Crippen molar-refractivity contribution in [1.82, 2.24) is 5.32 Å².